The summed E-state index contributed by atoms with van der Waals surface area (Å²) in [6.45, 7) is 0.247. The Morgan fingerprint density at radius 3 is 2.85 bits per heavy atom. The molecule has 13 heavy (non-hydrogen) atoms. The number of aliphatic hydroxyl groups is 1. The van der Waals surface area contributed by atoms with Crippen LogP contribution in [0.5, 0.6) is 0 Å². The van der Waals surface area contributed by atoms with Gasteiger partial charge in [-0.25, -0.2) is 0 Å². The molecule has 2 atom stereocenters. The second-order valence-corrected chi connectivity index (χ2v) is 3.91. The Morgan fingerprint density at radius 2 is 2.31 bits per heavy atom. The molecule has 0 radical (unpaired) electrons. The number of hydrogen-bond donors (Lipinski definition) is 3. The van der Waals surface area contributed by atoms with Gasteiger partial charge in [-0.15, -0.1) is 0 Å². The van der Waals surface area contributed by atoms with Crippen molar-refractivity contribution in [2.45, 2.75) is 31.7 Å². The number of thiol groups is 1. The third-order valence-corrected chi connectivity index (χ3v) is 2.91. The van der Waals surface area contributed by atoms with E-state index in [9.17, 15) is 4.79 Å². The maximum Gasteiger partial charge on any atom is 0.224 e. The third kappa shape index (κ3) is 3.19. The molecule has 4 heteroatoms. The number of carbonyl (C=O) groups is 1. The number of aliphatic hydroxyl groups excluding tert-OH is 1. The number of nitrogens with one attached hydrogen (secondary N) is 1. The van der Waals surface area contributed by atoms with Crippen molar-refractivity contribution >= 4 is 18.5 Å². The molecule has 1 aliphatic rings. The number of rotatable bonds is 5. The highest BCUT2D eigenvalue weighted by Gasteiger charge is 2.29. The molecule has 3 nitrogen and oxygen atoms in total. The van der Waals surface area contributed by atoms with Crippen LogP contribution in [0.1, 0.15) is 25.7 Å². The molecule has 1 fully saturated rings. The zero-order valence-electron chi connectivity index (χ0n) is 7.70. The first kappa shape index (κ1) is 10.9. The molecular formula is C9H17NO2S. The van der Waals surface area contributed by atoms with Crippen molar-refractivity contribution in [1.82, 2.24) is 5.32 Å². The van der Waals surface area contributed by atoms with E-state index in [-0.39, 0.29) is 18.4 Å². The summed E-state index contributed by atoms with van der Waals surface area (Å²) < 4.78 is 0. The Bertz CT molecular complexity index is 175. The number of amides is 1. The van der Waals surface area contributed by atoms with Gasteiger partial charge in [0.15, 0.2) is 0 Å². The van der Waals surface area contributed by atoms with Crippen LogP contribution in [-0.2, 0) is 4.79 Å². The van der Waals surface area contributed by atoms with Gasteiger partial charge in [-0.3, -0.25) is 4.79 Å². The van der Waals surface area contributed by atoms with E-state index in [1.54, 1.807) is 0 Å². The van der Waals surface area contributed by atoms with Gasteiger partial charge in [-0.1, -0.05) is 0 Å². The molecule has 76 valence electrons. The van der Waals surface area contributed by atoms with E-state index in [4.69, 9.17) is 5.11 Å². The van der Waals surface area contributed by atoms with Gasteiger partial charge in [-0.2, -0.15) is 12.6 Å². The lowest BCUT2D eigenvalue weighted by molar-refractivity contribution is -0.122. The summed E-state index contributed by atoms with van der Waals surface area (Å²) >= 11 is 4.12. The molecule has 0 bridgehead atoms. The van der Waals surface area contributed by atoms with Crippen molar-refractivity contribution in [3.8, 4) is 0 Å². The lowest BCUT2D eigenvalue weighted by Crippen LogP contribution is -2.26. The molecule has 2 N–H and O–H groups in total. The minimum absolute atomic E-state index is 0.0995. The molecule has 0 spiro atoms. The monoisotopic (exact) mass is 203 g/mol. The van der Waals surface area contributed by atoms with Crippen molar-refractivity contribution < 1.29 is 9.90 Å². The average Bonchev–Trinajstić information content (AvgIpc) is 2.47. The minimum atomic E-state index is 0.0995. The molecule has 0 aromatic carbocycles. The van der Waals surface area contributed by atoms with E-state index in [1.807, 2.05) is 0 Å². The Labute approximate surface area is 84.3 Å². The van der Waals surface area contributed by atoms with Gasteiger partial charge in [-0.05, 0) is 25.7 Å². The van der Waals surface area contributed by atoms with Crippen LogP contribution in [0.25, 0.3) is 0 Å². The summed E-state index contributed by atoms with van der Waals surface area (Å²) in [4.78, 5) is 11.2. The summed E-state index contributed by atoms with van der Waals surface area (Å²) in [6, 6.07) is 0.316. The molecule has 0 aromatic heterocycles. The van der Waals surface area contributed by atoms with Crippen molar-refractivity contribution in [2.24, 2.45) is 5.92 Å². The van der Waals surface area contributed by atoms with Crippen LogP contribution < -0.4 is 5.32 Å². The Morgan fingerprint density at radius 1 is 1.54 bits per heavy atom. The highest BCUT2D eigenvalue weighted by Crippen LogP contribution is 2.20. The standard InChI is InChI=1S/C9H17NO2S/c11-4-2-1-3-8-5-7(6-13)9(12)10-8/h7-8,11,13H,1-6H2,(H,10,12). The first-order chi connectivity index (χ1) is 6.27. The number of unbranched alkanes of at least 4 members (excludes halogenated alkanes) is 1. The molecule has 1 heterocycles. The lowest BCUT2D eigenvalue weighted by atomic mass is 10.0. The summed E-state index contributed by atoms with van der Waals surface area (Å²) in [5.74, 6) is 0.883. The summed E-state index contributed by atoms with van der Waals surface area (Å²) in [6.07, 6.45) is 3.71. The van der Waals surface area contributed by atoms with E-state index in [2.05, 4.69) is 17.9 Å². The second kappa shape index (κ2) is 5.50. The highest BCUT2D eigenvalue weighted by atomic mass is 32.1. The van der Waals surface area contributed by atoms with Crippen LogP contribution in [0.2, 0.25) is 0 Å². The van der Waals surface area contributed by atoms with Gasteiger partial charge in [0, 0.05) is 24.3 Å². The van der Waals surface area contributed by atoms with Crippen LogP contribution in [-0.4, -0.2) is 29.4 Å². The van der Waals surface area contributed by atoms with Crippen molar-refractivity contribution in [3.05, 3.63) is 0 Å². The fraction of sp³-hybridized carbons (Fsp3) is 0.889. The third-order valence-electron chi connectivity index (χ3n) is 2.47. The largest absolute Gasteiger partial charge is 0.396 e. The maximum atomic E-state index is 11.2. The lowest BCUT2D eigenvalue weighted by Gasteiger charge is -2.08. The quantitative estimate of drug-likeness (QED) is 0.452. The molecule has 2 unspecified atom stereocenters. The van der Waals surface area contributed by atoms with Gasteiger partial charge < -0.3 is 10.4 Å². The van der Waals surface area contributed by atoms with Gasteiger partial charge in [0.1, 0.15) is 0 Å². The van der Waals surface area contributed by atoms with Crippen molar-refractivity contribution in [2.75, 3.05) is 12.4 Å². The summed E-state index contributed by atoms with van der Waals surface area (Å²) in [5, 5.41) is 11.5. The predicted molar refractivity (Wildman–Crippen MR) is 54.8 cm³/mol. The maximum absolute atomic E-state index is 11.2. The van der Waals surface area contributed by atoms with Crippen LogP contribution in [0.15, 0.2) is 0 Å². The van der Waals surface area contributed by atoms with E-state index in [0.29, 0.717) is 11.8 Å². The average molecular weight is 203 g/mol. The molecule has 1 amide bonds. The van der Waals surface area contributed by atoms with E-state index in [0.717, 1.165) is 25.7 Å². The fourth-order valence-electron chi connectivity index (χ4n) is 1.68. The van der Waals surface area contributed by atoms with Crippen molar-refractivity contribution in [3.63, 3.8) is 0 Å². The number of carbonyl (C=O) groups excluding carboxylic acids is 1. The first-order valence-corrected chi connectivity index (χ1v) is 5.43. The summed E-state index contributed by atoms with van der Waals surface area (Å²) in [7, 11) is 0. The SMILES string of the molecule is O=C1NC(CCCCO)CC1CS. The Kier molecular flexibility index (Phi) is 4.59. The van der Waals surface area contributed by atoms with Crippen molar-refractivity contribution in [1.29, 1.82) is 0 Å². The first-order valence-electron chi connectivity index (χ1n) is 4.80. The van der Waals surface area contributed by atoms with Crippen LogP contribution >= 0.6 is 12.6 Å². The molecule has 0 aliphatic carbocycles. The van der Waals surface area contributed by atoms with E-state index in [1.165, 1.54) is 0 Å². The topological polar surface area (TPSA) is 49.3 Å². The zero-order chi connectivity index (χ0) is 9.68. The highest BCUT2D eigenvalue weighted by molar-refractivity contribution is 7.80. The molecule has 0 saturated carbocycles. The molecular weight excluding hydrogens is 186 g/mol. The zero-order valence-corrected chi connectivity index (χ0v) is 8.59. The Hall–Kier alpha value is -0.220. The number of hydrogen-bond acceptors (Lipinski definition) is 3. The Balaban J connectivity index is 2.20. The second-order valence-electron chi connectivity index (χ2n) is 3.54. The van der Waals surface area contributed by atoms with Gasteiger partial charge in [0.25, 0.3) is 0 Å². The van der Waals surface area contributed by atoms with Crippen LogP contribution in [0.3, 0.4) is 0 Å². The molecule has 1 rings (SSSR count). The predicted octanol–water partition coefficient (Wildman–Crippen LogP) is 0.583. The smallest absolute Gasteiger partial charge is 0.224 e. The molecule has 0 aromatic rings. The minimum Gasteiger partial charge on any atom is -0.396 e. The van der Waals surface area contributed by atoms with E-state index >= 15 is 0 Å². The molecule has 1 aliphatic heterocycles. The molecule has 1 saturated heterocycles. The summed E-state index contributed by atoms with van der Waals surface area (Å²) in [5.41, 5.74) is 0. The van der Waals surface area contributed by atoms with Gasteiger partial charge >= 0.3 is 0 Å². The van der Waals surface area contributed by atoms with Gasteiger partial charge in [0.05, 0.1) is 0 Å². The fourth-order valence-corrected chi connectivity index (χ4v) is 1.99. The normalized spacial score (nSPS) is 27.7. The van der Waals surface area contributed by atoms with Gasteiger partial charge in [0.2, 0.25) is 5.91 Å². The van der Waals surface area contributed by atoms with E-state index < -0.39 is 0 Å². The van der Waals surface area contributed by atoms with Crippen LogP contribution in [0, 0.1) is 5.92 Å². The van der Waals surface area contributed by atoms with Crippen LogP contribution in [0.4, 0.5) is 0 Å².